The summed E-state index contributed by atoms with van der Waals surface area (Å²) in [4.78, 5) is 13.0. The summed E-state index contributed by atoms with van der Waals surface area (Å²) in [5, 5.41) is 32.2. The standard InChI is InChI=1S/C18H20O8/c1-23-12-9-11-13(17(20,21)15(12)24-2)14(19)16(25-3)18(22,26-11)10-7-5-4-6-8-10/h4-9,13,16,20-22H,1-3H3. The molecule has 1 aliphatic heterocycles. The predicted molar refractivity (Wildman–Crippen MR) is 87.0 cm³/mol. The largest absolute Gasteiger partial charge is 0.493 e. The van der Waals surface area contributed by atoms with Crippen LogP contribution in [0.5, 0.6) is 0 Å². The lowest BCUT2D eigenvalue weighted by molar-refractivity contribution is -0.286. The van der Waals surface area contributed by atoms with Crippen molar-refractivity contribution in [2.75, 3.05) is 21.3 Å². The highest BCUT2D eigenvalue weighted by molar-refractivity contribution is 5.91. The number of carbonyl (C=O) groups is 1. The van der Waals surface area contributed by atoms with E-state index in [4.69, 9.17) is 18.9 Å². The minimum absolute atomic E-state index is 0.0390. The number of carbonyl (C=O) groups excluding carboxylic acids is 1. The van der Waals surface area contributed by atoms with E-state index in [9.17, 15) is 20.1 Å². The number of ketones is 1. The molecule has 1 saturated heterocycles. The lowest BCUT2D eigenvalue weighted by Crippen LogP contribution is -2.61. The topological polar surface area (TPSA) is 115 Å². The highest BCUT2D eigenvalue weighted by Gasteiger charge is 2.62. The number of ether oxygens (including phenoxy) is 4. The van der Waals surface area contributed by atoms with E-state index < -0.39 is 29.4 Å². The highest BCUT2D eigenvalue weighted by Crippen LogP contribution is 2.47. The predicted octanol–water partition coefficient (Wildman–Crippen LogP) is 0.145. The van der Waals surface area contributed by atoms with Crippen LogP contribution in [0.15, 0.2) is 53.7 Å². The molecule has 3 rings (SSSR count). The van der Waals surface area contributed by atoms with E-state index in [0.717, 1.165) is 0 Å². The van der Waals surface area contributed by atoms with Crippen molar-refractivity contribution in [3.63, 3.8) is 0 Å². The van der Waals surface area contributed by atoms with Gasteiger partial charge < -0.3 is 34.3 Å². The first-order valence-electron chi connectivity index (χ1n) is 7.83. The van der Waals surface area contributed by atoms with Gasteiger partial charge >= 0.3 is 0 Å². The SMILES string of the molecule is COC1=C(OC)C(O)(O)C2C(=O)C(OC)C(O)(c3ccccc3)OC2=C1. The van der Waals surface area contributed by atoms with Crippen LogP contribution in [0.4, 0.5) is 0 Å². The number of Topliss-reactive ketones (excluding diaryl/α,β-unsaturated/α-hetero) is 1. The Morgan fingerprint density at radius 3 is 2.23 bits per heavy atom. The molecule has 1 fully saturated rings. The van der Waals surface area contributed by atoms with Crippen molar-refractivity contribution in [1.82, 2.24) is 0 Å². The van der Waals surface area contributed by atoms with E-state index in [0.29, 0.717) is 0 Å². The molecule has 0 radical (unpaired) electrons. The van der Waals surface area contributed by atoms with E-state index in [1.54, 1.807) is 30.3 Å². The van der Waals surface area contributed by atoms with Gasteiger partial charge in [0, 0.05) is 18.7 Å². The molecule has 8 nitrogen and oxygen atoms in total. The summed E-state index contributed by atoms with van der Waals surface area (Å²) in [5.41, 5.74) is 0.279. The molecule has 0 bridgehead atoms. The minimum Gasteiger partial charge on any atom is -0.493 e. The zero-order chi connectivity index (χ0) is 19.1. The van der Waals surface area contributed by atoms with Gasteiger partial charge in [-0.25, -0.2) is 0 Å². The second kappa shape index (κ2) is 6.40. The third kappa shape index (κ3) is 2.50. The van der Waals surface area contributed by atoms with Crippen molar-refractivity contribution in [1.29, 1.82) is 0 Å². The molecule has 140 valence electrons. The first-order valence-corrected chi connectivity index (χ1v) is 7.83. The number of methoxy groups -OCH3 is 3. The average Bonchev–Trinajstić information content (AvgIpc) is 2.61. The van der Waals surface area contributed by atoms with Gasteiger partial charge in [0.25, 0.3) is 5.79 Å². The molecular formula is C18H20O8. The quantitative estimate of drug-likeness (QED) is 0.647. The normalized spacial score (nSPS) is 30.2. The molecule has 8 heteroatoms. The van der Waals surface area contributed by atoms with E-state index in [-0.39, 0.29) is 22.8 Å². The van der Waals surface area contributed by atoms with Crippen LogP contribution in [0.2, 0.25) is 0 Å². The number of hydrogen-bond donors (Lipinski definition) is 3. The van der Waals surface area contributed by atoms with Gasteiger partial charge in [-0.2, -0.15) is 0 Å². The Kier molecular flexibility index (Phi) is 4.53. The molecule has 3 N–H and O–H groups in total. The Hall–Kier alpha value is -2.39. The van der Waals surface area contributed by atoms with Crippen molar-refractivity contribution in [2.45, 2.75) is 17.7 Å². The van der Waals surface area contributed by atoms with Crippen LogP contribution in [-0.4, -0.2) is 54.3 Å². The van der Waals surface area contributed by atoms with Crippen LogP contribution < -0.4 is 0 Å². The summed E-state index contributed by atoms with van der Waals surface area (Å²) < 4.78 is 21.0. The second-order valence-electron chi connectivity index (χ2n) is 5.99. The Labute approximate surface area is 149 Å². The van der Waals surface area contributed by atoms with Gasteiger partial charge in [-0.15, -0.1) is 0 Å². The third-order valence-electron chi connectivity index (χ3n) is 4.54. The number of rotatable bonds is 4. The van der Waals surface area contributed by atoms with Crippen LogP contribution in [0.1, 0.15) is 5.56 Å². The number of aliphatic hydroxyl groups is 3. The smallest absolute Gasteiger partial charge is 0.268 e. The monoisotopic (exact) mass is 364 g/mol. The lowest BCUT2D eigenvalue weighted by Gasteiger charge is -2.46. The fraction of sp³-hybridized carbons (Fsp3) is 0.389. The molecule has 2 aliphatic rings. The van der Waals surface area contributed by atoms with Crippen LogP contribution in [-0.2, 0) is 29.5 Å². The number of hydrogen-bond acceptors (Lipinski definition) is 8. The van der Waals surface area contributed by atoms with Crippen molar-refractivity contribution >= 4 is 5.78 Å². The molecular weight excluding hydrogens is 344 g/mol. The molecule has 3 atom stereocenters. The average molecular weight is 364 g/mol. The maximum atomic E-state index is 13.0. The molecule has 0 aromatic heterocycles. The van der Waals surface area contributed by atoms with Gasteiger partial charge in [0.1, 0.15) is 11.7 Å². The summed E-state index contributed by atoms with van der Waals surface area (Å²) in [7, 11) is 3.74. The van der Waals surface area contributed by atoms with Gasteiger partial charge in [0.15, 0.2) is 23.4 Å². The van der Waals surface area contributed by atoms with Crippen molar-refractivity contribution in [3.05, 3.63) is 59.2 Å². The highest BCUT2D eigenvalue weighted by atomic mass is 16.7. The maximum Gasteiger partial charge on any atom is 0.268 e. The van der Waals surface area contributed by atoms with Gasteiger partial charge in [0.2, 0.25) is 5.79 Å². The third-order valence-corrected chi connectivity index (χ3v) is 4.54. The molecule has 1 aromatic carbocycles. The molecule has 26 heavy (non-hydrogen) atoms. The fourth-order valence-corrected chi connectivity index (χ4v) is 3.36. The van der Waals surface area contributed by atoms with Crippen LogP contribution in [0.25, 0.3) is 0 Å². The Bertz CT molecular complexity index is 767. The zero-order valence-corrected chi connectivity index (χ0v) is 14.5. The van der Waals surface area contributed by atoms with E-state index in [1.165, 1.54) is 27.4 Å². The molecule has 0 saturated carbocycles. The summed E-state index contributed by atoms with van der Waals surface area (Å²) in [6.07, 6.45) is -0.209. The molecule has 3 unspecified atom stereocenters. The van der Waals surface area contributed by atoms with Gasteiger partial charge in [-0.1, -0.05) is 30.3 Å². The molecule has 0 spiro atoms. The van der Waals surface area contributed by atoms with E-state index >= 15 is 0 Å². The van der Waals surface area contributed by atoms with Gasteiger partial charge in [-0.05, 0) is 0 Å². The molecule has 1 aromatic rings. The van der Waals surface area contributed by atoms with Crippen LogP contribution in [0, 0.1) is 5.92 Å². The number of benzene rings is 1. The van der Waals surface area contributed by atoms with E-state index in [2.05, 4.69) is 0 Å². The summed E-state index contributed by atoms with van der Waals surface area (Å²) in [6.45, 7) is 0. The number of allylic oxidation sites excluding steroid dienone is 1. The summed E-state index contributed by atoms with van der Waals surface area (Å²) in [5.74, 6) is -7.74. The lowest BCUT2D eigenvalue weighted by atomic mass is 9.78. The first kappa shape index (κ1) is 18.4. The van der Waals surface area contributed by atoms with Crippen molar-refractivity contribution in [3.8, 4) is 0 Å². The molecule has 1 aliphatic carbocycles. The summed E-state index contributed by atoms with van der Waals surface area (Å²) >= 11 is 0. The Morgan fingerprint density at radius 1 is 1.04 bits per heavy atom. The molecule has 1 heterocycles. The summed E-state index contributed by atoms with van der Waals surface area (Å²) in [6, 6.07) is 8.22. The second-order valence-corrected chi connectivity index (χ2v) is 5.99. The first-order chi connectivity index (χ1) is 12.3. The zero-order valence-electron chi connectivity index (χ0n) is 14.5. The van der Waals surface area contributed by atoms with Gasteiger partial charge in [-0.3, -0.25) is 4.79 Å². The van der Waals surface area contributed by atoms with Crippen LogP contribution >= 0.6 is 0 Å². The molecule has 0 amide bonds. The Balaban J connectivity index is 2.17. The minimum atomic E-state index is -2.73. The Morgan fingerprint density at radius 2 is 1.69 bits per heavy atom. The number of fused-ring (bicyclic) bond motifs is 1. The van der Waals surface area contributed by atoms with Crippen LogP contribution in [0.3, 0.4) is 0 Å². The van der Waals surface area contributed by atoms with Gasteiger partial charge in [0.05, 0.1) is 14.2 Å². The van der Waals surface area contributed by atoms with Crippen molar-refractivity contribution in [2.24, 2.45) is 5.92 Å². The fourth-order valence-electron chi connectivity index (χ4n) is 3.36. The van der Waals surface area contributed by atoms with E-state index in [1.807, 2.05) is 0 Å². The maximum absolute atomic E-state index is 13.0. The van der Waals surface area contributed by atoms with Crippen molar-refractivity contribution < 1.29 is 39.1 Å².